The van der Waals surface area contributed by atoms with Crippen LogP contribution in [-0.4, -0.2) is 22.2 Å². The van der Waals surface area contributed by atoms with Crippen LogP contribution in [0.25, 0.3) is 0 Å². The molecule has 0 radical (unpaired) electrons. The summed E-state index contributed by atoms with van der Waals surface area (Å²) in [5, 5.41) is 16.9. The lowest BCUT2D eigenvalue weighted by molar-refractivity contribution is 0.0681. The number of halogens is 2. The fraction of sp³-hybridized carbons (Fsp3) is 0. The number of carbonyl (C=O) groups is 2. The molecule has 6 nitrogen and oxygen atoms in total. The molecule has 2 aromatic carbocycles. The Labute approximate surface area is 139 Å². The molecule has 0 spiro atoms. The Morgan fingerprint density at radius 1 is 0.636 bits per heavy atom. The predicted molar refractivity (Wildman–Crippen MR) is 90.1 cm³/mol. The molecule has 2 rings (SSSR count). The van der Waals surface area contributed by atoms with Crippen molar-refractivity contribution in [2.24, 2.45) is 0 Å². The first kappa shape index (κ1) is 21.9. The molecule has 0 aliphatic heterocycles. The second-order valence-electron chi connectivity index (χ2n) is 3.85. The zero-order valence-electron chi connectivity index (χ0n) is 11.3. The van der Waals surface area contributed by atoms with Crippen LogP contribution in [0.15, 0.2) is 48.5 Å². The molecule has 6 N–H and O–H groups in total. The van der Waals surface area contributed by atoms with Crippen molar-refractivity contribution in [3.63, 3.8) is 0 Å². The molecule has 0 fully saturated rings. The molecule has 0 unspecified atom stereocenters. The highest BCUT2D eigenvalue weighted by Gasteiger charge is 2.04. The van der Waals surface area contributed by atoms with Crippen LogP contribution in [0.1, 0.15) is 20.7 Å². The van der Waals surface area contributed by atoms with Crippen molar-refractivity contribution in [1.82, 2.24) is 0 Å². The van der Waals surface area contributed by atoms with Gasteiger partial charge in [0.05, 0.1) is 11.1 Å². The van der Waals surface area contributed by atoms with Crippen molar-refractivity contribution in [3.05, 3.63) is 59.7 Å². The van der Waals surface area contributed by atoms with E-state index in [-0.39, 0.29) is 35.9 Å². The number of aromatic carboxylic acids is 2. The van der Waals surface area contributed by atoms with Crippen molar-refractivity contribution in [2.45, 2.75) is 0 Å². The molecule has 0 bridgehead atoms. The van der Waals surface area contributed by atoms with Gasteiger partial charge < -0.3 is 21.7 Å². The number of nitrogen functional groups attached to an aromatic ring is 2. The van der Waals surface area contributed by atoms with E-state index in [9.17, 15) is 9.59 Å². The van der Waals surface area contributed by atoms with E-state index >= 15 is 0 Å². The molecule has 0 aliphatic rings. The molecular formula is C14H16Cl2N2O4. The van der Waals surface area contributed by atoms with Crippen molar-refractivity contribution in [2.75, 3.05) is 11.5 Å². The Morgan fingerprint density at radius 2 is 0.864 bits per heavy atom. The fourth-order valence-electron chi connectivity index (χ4n) is 1.25. The summed E-state index contributed by atoms with van der Waals surface area (Å²) in [6, 6.07) is 12.1. The molecule has 0 atom stereocenters. The maximum absolute atomic E-state index is 10.3. The van der Waals surface area contributed by atoms with Gasteiger partial charge >= 0.3 is 11.9 Å². The highest BCUT2D eigenvalue weighted by atomic mass is 35.5. The van der Waals surface area contributed by atoms with Gasteiger partial charge in [0.2, 0.25) is 0 Å². The van der Waals surface area contributed by atoms with Gasteiger partial charge in [0.15, 0.2) is 0 Å². The third-order valence-corrected chi connectivity index (χ3v) is 2.32. The Hall–Kier alpha value is -2.44. The molecule has 0 aromatic heterocycles. The zero-order chi connectivity index (χ0) is 15.1. The van der Waals surface area contributed by atoms with Gasteiger partial charge in [-0.15, -0.1) is 24.8 Å². The SMILES string of the molecule is Cl.Cl.Nc1ccc(N)cc1.O=C(O)c1ccc(C(=O)O)cc1. The maximum Gasteiger partial charge on any atom is 0.335 e. The van der Waals surface area contributed by atoms with Crippen molar-refractivity contribution < 1.29 is 19.8 Å². The molecule has 120 valence electrons. The van der Waals surface area contributed by atoms with Crippen LogP contribution in [0.3, 0.4) is 0 Å². The van der Waals surface area contributed by atoms with E-state index in [1.54, 1.807) is 24.3 Å². The second-order valence-corrected chi connectivity index (χ2v) is 3.85. The minimum atomic E-state index is -1.06. The van der Waals surface area contributed by atoms with Crippen molar-refractivity contribution in [3.8, 4) is 0 Å². The average Bonchev–Trinajstić information content (AvgIpc) is 2.43. The fourth-order valence-corrected chi connectivity index (χ4v) is 1.25. The van der Waals surface area contributed by atoms with Gasteiger partial charge in [0.25, 0.3) is 0 Å². The number of carboxylic acid groups (broad SMARTS) is 2. The number of benzene rings is 2. The maximum atomic E-state index is 10.3. The van der Waals surface area contributed by atoms with Gasteiger partial charge in [-0.25, -0.2) is 9.59 Å². The Kier molecular flexibility index (Phi) is 10.2. The van der Waals surface area contributed by atoms with Gasteiger partial charge in [0, 0.05) is 11.4 Å². The highest BCUT2D eigenvalue weighted by molar-refractivity contribution is 5.91. The number of rotatable bonds is 2. The number of hydrogen-bond donors (Lipinski definition) is 4. The minimum absolute atomic E-state index is 0. The summed E-state index contributed by atoms with van der Waals surface area (Å²) in [6.07, 6.45) is 0. The van der Waals surface area contributed by atoms with E-state index in [0.717, 1.165) is 11.4 Å². The van der Waals surface area contributed by atoms with Crippen LogP contribution in [0.5, 0.6) is 0 Å². The molecule has 0 heterocycles. The Bertz CT molecular complexity index is 547. The first-order valence-electron chi connectivity index (χ1n) is 5.58. The molecular weight excluding hydrogens is 331 g/mol. The Morgan fingerprint density at radius 3 is 1.05 bits per heavy atom. The summed E-state index contributed by atoms with van der Waals surface area (Å²) in [5.74, 6) is -2.13. The molecule has 0 aliphatic carbocycles. The Balaban J connectivity index is 0. The smallest absolute Gasteiger partial charge is 0.335 e. The lowest BCUT2D eigenvalue weighted by atomic mass is 10.1. The number of carboxylic acids is 2. The monoisotopic (exact) mass is 346 g/mol. The quantitative estimate of drug-likeness (QED) is 0.619. The van der Waals surface area contributed by atoms with E-state index in [2.05, 4.69) is 0 Å². The molecule has 0 saturated heterocycles. The van der Waals surface area contributed by atoms with E-state index in [1.165, 1.54) is 24.3 Å². The lowest BCUT2D eigenvalue weighted by Crippen LogP contribution is -1.99. The lowest BCUT2D eigenvalue weighted by Gasteiger charge is -1.94. The summed E-state index contributed by atoms with van der Waals surface area (Å²) in [5.41, 5.74) is 12.4. The summed E-state index contributed by atoms with van der Waals surface area (Å²) in [4.78, 5) is 20.7. The van der Waals surface area contributed by atoms with Gasteiger partial charge in [0.1, 0.15) is 0 Å². The topological polar surface area (TPSA) is 127 Å². The first-order valence-corrected chi connectivity index (χ1v) is 5.58. The van der Waals surface area contributed by atoms with Gasteiger partial charge in [-0.3, -0.25) is 0 Å². The second kappa shape index (κ2) is 10.3. The molecule has 8 heteroatoms. The summed E-state index contributed by atoms with van der Waals surface area (Å²) in [7, 11) is 0. The molecule has 2 aromatic rings. The standard InChI is InChI=1S/C8H6O4.C6H8N2.2ClH/c9-7(10)5-1-2-6(4-3-5)8(11)12;7-5-1-2-6(8)4-3-5;;/h1-4H,(H,9,10)(H,11,12);1-4H,7-8H2;2*1H. The first-order chi connectivity index (χ1) is 9.40. The van der Waals surface area contributed by atoms with E-state index in [1.807, 2.05) is 0 Å². The van der Waals surface area contributed by atoms with Crippen LogP contribution in [0, 0.1) is 0 Å². The van der Waals surface area contributed by atoms with Crippen LogP contribution in [-0.2, 0) is 0 Å². The third kappa shape index (κ3) is 7.37. The summed E-state index contributed by atoms with van der Waals surface area (Å²) in [6.45, 7) is 0. The molecule has 0 saturated carbocycles. The predicted octanol–water partition coefficient (Wildman–Crippen LogP) is 2.78. The number of nitrogens with two attached hydrogens (primary N) is 2. The third-order valence-electron chi connectivity index (χ3n) is 2.32. The van der Waals surface area contributed by atoms with Crippen LogP contribution < -0.4 is 11.5 Å². The van der Waals surface area contributed by atoms with Crippen LogP contribution in [0.4, 0.5) is 11.4 Å². The van der Waals surface area contributed by atoms with Crippen LogP contribution in [0.2, 0.25) is 0 Å². The van der Waals surface area contributed by atoms with Crippen molar-refractivity contribution in [1.29, 1.82) is 0 Å². The summed E-state index contributed by atoms with van der Waals surface area (Å²) >= 11 is 0. The minimum Gasteiger partial charge on any atom is -0.478 e. The zero-order valence-corrected chi connectivity index (χ0v) is 12.9. The summed E-state index contributed by atoms with van der Waals surface area (Å²) < 4.78 is 0. The largest absolute Gasteiger partial charge is 0.478 e. The normalized spacial score (nSPS) is 8.36. The van der Waals surface area contributed by atoms with Crippen molar-refractivity contribution >= 4 is 48.1 Å². The van der Waals surface area contributed by atoms with Crippen LogP contribution >= 0.6 is 24.8 Å². The number of hydrogen-bond acceptors (Lipinski definition) is 4. The van der Waals surface area contributed by atoms with Gasteiger partial charge in [-0.2, -0.15) is 0 Å². The highest BCUT2D eigenvalue weighted by Crippen LogP contribution is 2.05. The van der Waals surface area contributed by atoms with E-state index in [0.29, 0.717) is 0 Å². The molecule has 22 heavy (non-hydrogen) atoms. The number of anilines is 2. The van der Waals surface area contributed by atoms with E-state index < -0.39 is 11.9 Å². The average molecular weight is 347 g/mol. The van der Waals surface area contributed by atoms with Gasteiger partial charge in [-0.1, -0.05) is 0 Å². The van der Waals surface area contributed by atoms with E-state index in [4.69, 9.17) is 21.7 Å². The molecule has 0 amide bonds. The van der Waals surface area contributed by atoms with Gasteiger partial charge in [-0.05, 0) is 48.5 Å².